The first-order valence-corrected chi connectivity index (χ1v) is 6.32. The predicted molar refractivity (Wildman–Crippen MR) is 64.7 cm³/mol. The van der Waals surface area contributed by atoms with Crippen molar-refractivity contribution in [2.24, 2.45) is 11.3 Å². The van der Waals surface area contributed by atoms with Gasteiger partial charge in [-0.3, -0.25) is 0 Å². The highest BCUT2D eigenvalue weighted by Gasteiger charge is 2.51. The van der Waals surface area contributed by atoms with Crippen LogP contribution in [0.2, 0.25) is 0 Å². The lowest BCUT2D eigenvalue weighted by Crippen LogP contribution is -2.24. The Kier molecular flexibility index (Phi) is 2.95. The van der Waals surface area contributed by atoms with Crippen molar-refractivity contribution in [3.05, 3.63) is 22.6 Å². The zero-order valence-electron chi connectivity index (χ0n) is 9.51. The molecule has 1 aliphatic rings. The van der Waals surface area contributed by atoms with E-state index in [9.17, 15) is 0 Å². The minimum atomic E-state index is 0.356. The number of furan rings is 1. The quantitative estimate of drug-likeness (QED) is 0.903. The predicted octanol–water partition coefficient (Wildman–Crippen LogP) is 3.74. The summed E-state index contributed by atoms with van der Waals surface area (Å²) >= 11 is 3.54. The van der Waals surface area contributed by atoms with Crippen LogP contribution in [0.15, 0.2) is 21.2 Å². The zero-order valence-corrected chi connectivity index (χ0v) is 11.1. The molecule has 0 spiro atoms. The fraction of sp³-hybridized carbons (Fsp3) is 0.667. The van der Waals surface area contributed by atoms with Crippen molar-refractivity contribution in [3.63, 3.8) is 0 Å². The third-order valence-electron chi connectivity index (χ3n) is 3.34. The van der Waals surface area contributed by atoms with Crippen LogP contribution in [-0.2, 0) is 0 Å². The Morgan fingerprint density at radius 1 is 1.67 bits per heavy atom. The molecule has 0 amide bonds. The molecular formula is C12H18BrNO. The molecule has 1 N–H and O–H groups in total. The molecule has 0 bridgehead atoms. The van der Waals surface area contributed by atoms with Gasteiger partial charge in [0.25, 0.3) is 0 Å². The van der Waals surface area contributed by atoms with Gasteiger partial charge in [-0.1, -0.05) is 20.8 Å². The van der Waals surface area contributed by atoms with Crippen LogP contribution in [0.4, 0.5) is 0 Å². The maximum absolute atomic E-state index is 5.56. The van der Waals surface area contributed by atoms with Crippen molar-refractivity contribution < 1.29 is 4.42 Å². The van der Waals surface area contributed by atoms with Crippen LogP contribution in [0.25, 0.3) is 0 Å². The lowest BCUT2D eigenvalue weighted by Gasteiger charge is -2.17. The molecule has 2 unspecified atom stereocenters. The molecule has 2 rings (SSSR count). The maximum atomic E-state index is 5.56. The van der Waals surface area contributed by atoms with E-state index in [2.05, 4.69) is 42.0 Å². The fourth-order valence-corrected chi connectivity index (χ4v) is 2.69. The van der Waals surface area contributed by atoms with Gasteiger partial charge in [-0.05, 0) is 46.3 Å². The zero-order chi connectivity index (χ0) is 11.1. The van der Waals surface area contributed by atoms with E-state index in [-0.39, 0.29) is 0 Å². The molecule has 1 saturated carbocycles. The van der Waals surface area contributed by atoms with Crippen LogP contribution in [0.5, 0.6) is 0 Å². The van der Waals surface area contributed by atoms with Crippen molar-refractivity contribution in [2.75, 3.05) is 6.54 Å². The van der Waals surface area contributed by atoms with Crippen LogP contribution in [0.3, 0.4) is 0 Å². The molecule has 0 radical (unpaired) electrons. The van der Waals surface area contributed by atoms with Gasteiger partial charge >= 0.3 is 0 Å². The Hall–Kier alpha value is -0.280. The fourth-order valence-electron chi connectivity index (χ4n) is 2.24. The second-order valence-corrected chi connectivity index (χ2v) is 5.82. The van der Waals surface area contributed by atoms with Gasteiger partial charge in [0.05, 0.1) is 16.8 Å². The molecule has 1 aromatic heterocycles. The second-order valence-electron chi connectivity index (χ2n) is 4.97. The highest BCUT2D eigenvalue weighted by atomic mass is 79.9. The summed E-state index contributed by atoms with van der Waals surface area (Å²) < 4.78 is 6.64. The van der Waals surface area contributed by atoms with E-state index in [1.807, 2.05) is 6.07 Å². The highest BCUT2D eigenvalue weighted by molar-refractivity contribution is 9.10. The number of rotatable bonds is 4. The summed E-state index contributed by atoms with van der Waals surface area (Å²) in [6.07, 6.45) is 3.02. The molecule has 1 aliphatic carbocycles. The average molecular weight is 272 g/mol. The van der Waals surface area contributed by atoms with Gasteiger partial charge in [-0.2, -0.15) is 0 Å². The van der Waals surface area contributed by atoms with E-state index in [1.165, 1.54) is 6.42 Å². The molecule has 2 nitrogen and oxygen atoms in total. The molecule has 3 heteroatoms. The van der Waals surface area contributed by atoms with Crippen LogP contribution in [-0.4, -0.2) is 6.54 Å². The van der Waals surface area contributed by atoms with E-state index in [1.54, 1.807) is 6.26 Å². The van der Waals surface area contributed by atoms with Gasteiger partial charge in [0, 0.05) is 0 Å². The van der Waals surface area contributed by atoms with Gasteiger partial charge in [0.15, 0.2) is 0 Å². The van der Waals surface area contributed by atoms with Gasteiger partial charge in [0.2, 0.25) is 0 Å². The minimum Gasteiger partial charge on any atom is -0.466 e. The van der Waals surface area contributed by atoms with Crippen molar-refractivity contribution in [1.82, 2.24) is 5.32 Å². The van der Waals surface area contributed by atoms with Crippen molar-refractivity contribution in [1.29, 1.82) is 0 Å². The first-order valence-electron chi connectivity index (χ1n) is 5.52. The molecule has 1 fully saturated rings. The maximum Gasteiger partial charge on any atom is 0.135 e. The topological polar surface area (TPSA) is 25.2 Å². The second kappa shape index (κ2) is 3.95. The Balaban J connectivity index is 2.18. The summed E-state index contributed by atoms with van der Waals surface area (Å²) in [7, 11) is 0. The van der Waals surface area contributed by atoms with Crippen LogP contribution in [0, 0.1) is 11.3 Å². The van der Waals surface area contributed by atoms with Gasteiger partial charge in [-0.15, -0.1) is 0 Å². The summed E-state index contributed by atoms with van der Waals surface area (Å²) in [5.74, 6) is 1.74. The average Bonchev–Trinajstić information content (AvgIpc) is 2.57. The monoisotopic (exact) mass is 271 g/mol. The summed E-state index contributed by atoms with van der Waals surface area (Å²) in [4.78, 5) is 0. The molecule has 0 aliphatic heterocycles. The number of hydrogen-bond acceptors (Lipinski definition) is 2. The van der Waals surface area contributed by atoms with E-state index in [4.69, 9.17) is 4.42 Å². The summed E-state index contributed by atoms with van der Waals surface area (Å²) in [5, 5.41) is 3.52. The third-order valence-corrected chi connectivity index (χ3v) is 4.00. The third kappa shape index (κ3) is 2.13. The molecule has 1 aromatic rings. The number of hydrogen-bond donors (Lipinski definition) is 1. The summed E-state index contributed by atoms with van der Waals surface area (Å²) in [6.45, 7) is 7.75. The van der Waals surface area contributed by atoms with E-state index < -0.39 is 0 Å². The molecule has 0 aromatic carbocycles. The molecule has 0 saturated heterocycles. The van der Waals surface area contributed by atoms with Crippen molar-refractivity contribution in [3.8, 4) is 0 Å². The largest absolute Gasteiger partial charge is 0.466 e. The summed E-state index contributed by atoms with van der Waals surface area (Å²) in [5.41, 5.74) is 0.457. The van der Waals surface area contributed by atoms with Crippen molar-refractivity contribution in [2.45, 2.75) is 33.2 Å². The molecular weight excluding hydrogens is 254 g/mol. The highest BCUT2D eigenvalue weighted by Crippen LogP contribution is 2.58. The number of nitrogens with one attached hydrogen (secondary N) is 1. The van der Waals surface area contributed by atoms with Crippen molar-refractivity contribution >= 4 is 15.9 Å². The smallest absolute Gasteiger partial charge is 0.135 e. The first-order chi connectivity index (χ1) is 7.06. The molecule has 1 heterocycles. The van der Waals surface area contributed by atoms with Crippen LogP contribution in [0.1, 0.15) is 39.0 Å². The van der Waals surface area contributed by atoms with Gasteiger partial charge < -0.3 is 9.73 Å². The molecule has 15 heavy (non-hydrogen) atoms. The minimum absolute atomic E-state index is 0.356. The Bertz CT molecular complexity index is 345. The number of halogens is 1. The Morgan fingerprint density at radius 2 is 2.33 bits per heavy atom. The molecule has 2 atom stereocenters. The van der Waals surface area contributed by atoms with E-state index in [0.717, 1.165) is 16.8 Å². The van der Waals surface area contributed by atoms with Crippen LogP contribution < -0.4 is 5.32 Å². The Morgan fingerprint density at radius 3 is 2.73 bits per heavy atom. The van der Waals surface area contributed by atoms with Gasteiger partial charge in [-0.25, -0.2) is 0 Å². The van der Waals surface area contributed by atoms with Gasteiger partial charge in [0.1, 0.15) is 5.76 Å². The first kappa shape index (κ1) is 11.2. The Labute approximate surface area is 99.6 Å². The van der Waals surface area contributed by atoms with Crippen LogP contribution >= 0.6 is 15.9 Å². The molecule has 84 valence electrons. The normalized spacial score (nSPS) is 25.2. The lowest BCUT2D eigenvalue weighted by atomic mass is 10.0. The van der Waals surface area contributed by atoms with E-state index >= 15 is 0 Å². The SMILES string of the molecule is CCNC(c1occc1Br)C1CC1(C)C. The van der Waals surface area contributed by atoms with E-state index in [0.29, 0.717) is 17.4 Å². The lowest BCUT2D eigenvalue weighted by molar-refractivity contribution is 0.353. The summed E-state index contributed by atoms with van der Waals surface area (Å²) in [6, 6.07) is 2.32. The standard InChI is InChI=1S/C12H18BrNO/c1-4-14-10(8-7-12(8,2)3)11-9(13)5-6-15-11/h5-6,8,10,14H,4,7H2,1-3H3.